The number of carbonyl (C=O) groups is 2. The van der Waals surface area contributed by atoms with Crippen LogP contribution >= 0.6 is 0 Å². The van der Waals surface area contributed by atoms with Gasteiger partial charge >= 0.3 is 6.03 Å². The van der Waals surface area contributed by atoms with E-state index in [0.29, 0.717) is 17.8 Å². The molecule has 2 rings (SSSR count). The third-order valence-corrected chi connectivity index (χ3v) is 3.16. The van der Waals surface area contributed by atoms with Crippen LogP contribution in [0.5, 0.6) is 5.75 Å². The first kappa shape index (κ1) is 17.3. The quantitative estimate of drug-likeness (QED) is 0.761. The van der Waals surface area contributed by atoms with Gasteiger partial charge in [-0.2, -0.15) is 0 Å². The van der Waals surface area contributed by atoms with Crippen LogP contribution in [0.4, 0.5) is 10.5 Å². The molecule has 4 N–H and O–H groups in total. The minimum atomic E-state index is -0.610. The zero-order chi connectivity index (χ0) is 17.5. The minimum absolute atomic E-state index is 0.0942. The van der Waals surface area contributed by atoms with Gasteiger partial charge in [0.05, 0.1) is 6.10 Å². The minimum Gasteiger partial charge on any atom is -0.491 e. The zero-order valence-corrected chi connectivity index (χ0v) is 13.7. The first-order chi connectivity index (χ1) is 11.4. The van der Waals surface area contributed by atoms with Crippen molar-refractivity contribution in [2.24, 2.45) is 5.73 Å². The summed E-state index contributed by atoms with van der Waals surface area (Å²) >= 11 is 0. The van der Waals surface area contributed by atoms with Gasteiger partial charge in [-0.15, -0.1) is 0 Å². The summed E-state index contributed by atoms with van der Waals surface area (Å²) in [7, 11) is 0. The van der Waals surface area contributed by atoms with E-state index in [1.807, 2.05) is 26.0 Å². The summed E-state index contributed by atoms with van der Waals surface area (Å²) in [4.78, 5) is 22.9. The average Bonchev–Trinajstić information content (AvgIpc) is 2.53. The molecular formula is C18H21N3O3. The second-order valence-corrected chi connectivity index (χ2v) is 5.56. The van der Waals surface area contributed by atoms with Crippen LogP contribution in [0.25, 0.3) is 0 Å². The number of nitrogens with one attached hydrogen (secondary N) is 2. The molecule has 6 nitrogen and oxygen atoms in total. The normalized spacial score (nSPS) is 10.3. The van der Waals surface area contributed by atoms with Gasteiger partial charge in [0, 0.05) is 17.8 Å². The van der Waals surface area contributed by atoms with Gasteiger partial charge in [-0.3, -0.25) is 4.79 Å². The summed E-state index contributed by atoms with van der Waals surface area (Å²) in [5, 5.41) is 5.32. The number of anilines is 1. The van der Waals surface area contributed by atoms with Gasteiger partial charge in [-0.05, 0) is 55.8 Å². The molecule has 126 valence electrons. The molecule has 0 aliphatic rings. The van der Waals surface area contributed by atoms with Gasteiger partial charge in [0.25, 0.3) is 5.91 Å². The largest absolute Gasteiger partial charge is 0.491 e. The number of nitrogens with two attached hydrogens (primary N) is 1. The van der Waals surface area contributed by atoms with Crippen molar-refractivity contribution in [3.63, 3.8) is 0 Å². The van der Waals surface area contributed by atoms with E-state index in [4.69, 9.17) is 10.5 Å². The highest BCUT2D eigenvalue weighted by Gasteiger charge is 2.06. The van der Waals surface area contributed by atoms with Crippen LogP contribution in [-0.4, -0.2) is 18.0 Å². The molecule has 0 heterocycles. The Kier molecular flexibility index (Phi) is 5.78. The van der Waals surface area contributed by atoms with E-state index < -0.39 is 6.03 Å². The number of carbonyl (C=O) groups excluding carboxylic acids is 2. The maximum absolute atomic E-state index is 12.1. The predicted molar refractivity (Wildman–Crippen MR) is 93.0 cm³/mol. The molecule has 0 saturated heterocycles. The van der Waals surface area contributed by atoms with Gasteiger partial charge in [-0.1, -0.05) is 12.1 Å². The van der Waals surface area contributed by atoms with Crippen molar-refractivity contribution in [1.29, 1.82) is 0 Å². The van der Waals surface area contributed by atoms with E-state index >= 15 is 0 Å². The number of primary amides is 1. The third-order valence-electron chi connectivity index (χ3n) is 3.16. The third kappa shape index (κ3) is 5.31. The van der Waals surface area contributed by atoms with Crippen LogP contribution in [0.3, 0.4) is 0 Å². The lowest BCUT2D eigenvalue weighted by Gasteiger charge is -2.10. The Morgan fingerprint density at radius 2 is 1.67 bits per heavy atom. The zero-order valence-electron chi connectivity index (χ0n) is 13.7. The molecule has 0 bridgehead atoms. The molecule has 0 aromatic heterocycles. The summed E-state index contributed by atoms with van der Waals surface area (Å²) in [6, 6.07) is 13.5. The molecule has 0 aliphatic carbocycles. The van der Waals surface area contributed by atoms with E-state index in [1.165, 1.54) is 0 Å². The Hall–Kier alpha value is -3.02. The smallest absolute Gasteiger partial charge is 0.316 e. The van der Waals surface area contributed by atoms with Gasteiger partial charge in [0.1, 0.15) is 5.75 Å². The van der Waals surface area contributed by atoms with Crippen molar-refractivity contribution < 1.29 is 14.3 Å². The topological polar surface area (TPSA) is 93.4 Å². The Bertz CT molecular complexity index is 694. The number of rotatable bonds is 6. The number of ether oxygens (including phenoxy) is 1. The number of amides is 3. The van der Waals surface area contributed by atoms with Crippen LogP contribution in [-0.2, 0) is 6.54 Å². The van der Waals surface area contributed by atoms with Crippen LogP contribution in [0.15, 0.2) is 48.5 Å². The van der Waals surface area contributed by atoms with E-state index in [-0.39, 0.29) is 12.0 Å². The first-order valence-corrected chi connectivity index (χ1v) is 7.64. The van der Waals surface area contributed by atoms with Crippen LogP contribution in [0.1, 0.15) is 29.8 Å². The molecule has 24 heavy (non-hydrogen) atoms. The Morgan fingerprint density at radius 1 is 1.04 bits per heavy atom. The van der Waals surface area contributed by atoms with Crippen molar-refractivity contribution in [1.82, 2.24) is 5.32 Å². The molecule has 0 fully saturated rings. The summed E-state index contributed by atoms with van der Waals surface area (Å²) in [5.41, 5.74) is 7.14. The van der Waals surface area contributed by atoms with E-state index in [2.05, 4.69) is 10.6 Å². The molecule has 0 spiro atoms. The maximum Gasteiger partial charge on any atom is 0.316 e. The number of hydrogen-bond donors (Lipinski definition) is 3. The van der Waals surface area contributed by atoms with Crippen molar-refractivity contribution >= 4 is 17.6 Å². The Balaban J connectivity index is 1.89. The monoisotopic (exact) mass is 327 g/mol. The Morgan fingerprint density at radius 3 is 2.21 bits per heavy atom. The molecule has 0 saturated carbocycles. The molecule has 3 amide bonds. The van der Waals surface area contributed by atoms with Gasteiger partial charge in [-0.25, -0.2) is 4.79 Å². The number of hydrogen-bond acceptors (Lipinski definition) is 3. The highest BCUT2D eigenvalue weighted by atomic mass is 16.5. The van der Waals surface area contributed by atoms with Crippen molar-refractivity contribution in [3.05, 3.63) is 59.7 Å². The van der Waals surface area contributed by atoms with Gasteiger partial charge in [0.2, 0.25) is 0 Å². The first-order valence-electron chi connectivity index (χ1n) is 7.64. The van der Waals surface area contributed by atoms with Gasteiger partial charge < -0.3 is 21.1 Å². The lowest BCUT2D eigenvalue weighted by atomic mass is 10.1. The summed E-state index contributed by atoms with van der Waals surface area (Å²) in [6.07, 6.45) is 0.0942. The maximum atomic E-state index is 12.1. The molecular weight excluding hydrogens is 306 g/mol. The lowest BCUT2D eigenvalue weighted by molar-refractivity contribution is 0.0951. The second-order valence-electron chi connectivity index (χ2n) is 5.56. The molecule has 2 aromatic carbocycles. The standard InChI is InChI=1S/C18H21N3O3/c1-12(2)24-16-9-5-14(6-10-16)17(22)20-11-13-3-7-15(8-4-13)21-18(19)23/h3-10,12H,11H2,1-2H3,(H,20,22)(H3,19,21,23). The average molecular weight is 327 g/mol. The number of urea groups is 1. The van der Waals surface area contributed by atoms with Crippen molar-refractivity contribution in [3.8, 4) is 5.75 Å². The van der Waals surface area contributed by atoms with E-state index in [9.17, 15) is 9.59 Å². The fourth-order valence-corrected chi connectivity index (χ4v) is 2.09. The SMILES string of the molecule is CC(C)Oc1ccc(C(=O)NCc2ccc(NC(N)=O)cc2)cc1. The molecule has 6 heteroatoms. The van der Waals surface area contributed by atoms with Crippen LogP contribution < -0.4 is 21.1 Å². The fourth-order valence-electron chi connectivity index (χ4n) is 2.09. The van der Waals surface area contributed by atoms with Crippen molar-refractivity contribution in [2.75, 3.05) is 5.32 Å². The Labute approximate surface area is 141 Å². The summed E-state index contributed by atoms with van der Waals surface area (Å²) in [6.45, 7) is 4.29. The number of benzene rings is 2. The molecule has 0 aliphatic heterocycles. The highest BCUT2D eigenvalue weighted by molar-refractivity contribution is 5.94. The van der Waals surface area contributed by atoms with Crippen LogP contribution in [0, 0.1) is 0 Å². The van der Waals surface area contributed by atoms with Crippen LogP contribution in [0.2, 0.25) is 0 Å². The van der Waals surface area contributed by atoms with Crippen molar-refractivity contribution in [2.45, 2.75) is 26.5 Å². The molecule has 0 atom stereocenters. The molecule has 0 unspecified atom stereocenters. The van der Waals surface area contributed by atoms with Gasteiger partial charge in [0.15, 0.2) is 0 Å². The second kappa shape index (κ2) is 8.01. The summed E-state index contributed by atoms with van der Waals surface area (Å²) in [5.74, 6) is 0.574. The van der Waals surface area contributed by atoms with E-state index in [0.717, 1.165) is 11.3 Å². The fraction of sp³-hybridized carbons (Fsp3) is 0.222. The molecule has 0 radical (unpaired) electrons. The molecule has 2 aromatic rings. The highest BCUT2D eigenvalue weighted by Crippen LogP contribution is 2.14. The lowest BCUT2D eigenvalue weighted by Crippen LogP contribution is -2.23. The predicted octanol–water partition coefficient (Wildman–Crippen LogP) is 2.89. The van der Waals surface area contributed by atoms with E-state index in [1.54, 1.807) is 36.4 Å². The summed E-state index contributed by atoms with van der Waals surface area (Å²) < 4.78 is 5.55.